The predicted molar refractivity (Wildman–Crippen MR) is 58.6 cm³/mol. The first-order valence-electron chi connectivity index (χ1n) is 4.63. The largest absolute Gasteiger partial charge is 0.538 e. The van der Waals surface area contributed by atoms with Crippen molar-refractivity contribution in [1.82, 2.24) is 9.55 Å². The van der Waals surface area contributed by atoms with E-state index in [0.717, 1.165) is 11.4 Å². The Balaban J connectivity index is 2.48. The molecule has 0 radical (unpaired) electrons. The van der Waals surface area contributed by atoms with Gasteiger partial charge >= 0.3 is 7.69 Å². The number of hydrogen-bond acceptors (Lipinski definition) is 3. The summed E-state index contributed by atoms with van der Waals surface area (Å²) in [7, 11) is 1.58. The number of aromatic nitrogens is 2. The van der Waals surface area contributed by atoms with E-state index in [-0.39, 0.29) is 7.69 Å². The van der Waals surface area contributed by atoms with Crippen molar-refractivity contribution in [2.75, 3.05) is 0 Å². The lowest BCUT2D eigenvalue weighted by molar-refractivity contribution is 0.454. The Morgan fingerprint density at radius 3 is 2.87 bits per heavy atom. The molecule has 2 aromatic rings. The minimum atomic E-state index is -0.332. The molecule has 1 aromatic heterocycles. The third-order valence-corrected chi connectivity index (χ3v) is 2.17. The van der Waals surface area contributed by atoms with E-state index in [9.17, 15) is 0 Å². The van der Waals surface area contributed by atoms with Gasteiger partial charge in [-0.2, -0.15) is 0 Å². The fourth-order valence-corrected chi connectivity index (χ4v) is 1.47. The molecule has 15 heavy (non-hydrogen) atoms. The summed E-state index contributed by atoms with van der Waals surface area (Å²) in [5.41, 5.74) is 0.874. The maximum Gasteiger partial charge on any atom is 0.504 e. The van der Waals surface area contributed by atoms with Crippen molar-refractivity contribution >= 4 is 7.69 Å². The number of hydrogen-bond donors (Lipinski definition) is 1. The first-order valence-corrected chi connectivity index (χ1v) is 4.63. The fourth-order valence-electron chi connectivity index (χ4n) is 1.47. The lowest BCUT2D eigenvalue weighted by Gasteiger charge is -2.08. The maximum absolute atomic E-state index is 8.76. The topological polar surface area (TPSA) is 47.3 Å². The Morgan fingerprint density at radius 1 is 1.40 bits per heavy atom. The molecular formula is C10H11BN2O2. The SMILES string of the molecule is Cn1ccnc1-c1ccccc1OBO. The molecule has 0 aliphatic rings. The highest BCUT2D eigenvalue weighted by Gasteiger charge is 2.09. The van der Waals surface area contributed by atoms with Crippen LogP contribution in [-0.2, 0) is 7.05 Å². The van der Waals surface area contributed by atoms with Crippen LogP contribution in [-0.4, -0.2) is 22.3 Å². The highest BCUT2D eigenvalue weighted by atomic mass is 16.5. The summed E-state index contributed by atoms with van der Waals surface area (Å²) in [6.07, 6.45) is 3.59. The molecule has 0 atom stereocenters. The molecule has 0 saturated heterocycles. The zero-order chi connectivity index (χ0) is 10.7. The number of para-hydroxylation sites is 1. The average Bonchev–Trinajstić information content (AvgIpc) is 2.66. The van der Waals surface area contributed by atoms with Gasteiger partial charge in [-0.05, 0) is 12.1 Å². The van der Waals surface area contributed by atoms with Crippen molar-refractivity contribution in [3.63, 3.8) is 0 Å². The van der Waals surface area contributed by atoms with Gasteiger partial charge in [-0.1, -0.05) is 12.1 Å². The minimum absolute atomic E-state index is 0.332. The second-order valence-electron chi connectivity index (χ2n) is 3.13. The third kappa shape index (κ3) is 1.87. The van der Waals surface area contributed by atoms with Crippen LogP contribution in [0, 0.1) is 0 Å². The van der Waals surface area contributed by atoms with Crippen LogP contribution >= 0.6 is 0 Å². The summed E-state index contributed by atoms with van der Waals surface area (Å²) in [5, 5.41) is 8.76. The number of imidazole rings is 1. The minimum Gasteiger partial charge on any atom is -0.538 e. The molecule has 0 aliphatic heterocycles. The molecule has 0 amide bonds. The highest BCUT2D eigenvalue weighted by molar-refractivity contribution is 6.17. The Labute approximate surface area is 88.5 Å². The Bertz CT molecular complexity index is 456. The first-order chi connectivity index (χ1) is 7.33. The van der Waals surface area contributed by atoms with E-state index < -0.39 is 0 Å². The molecule has 2 rings (SSSR count). The summed E-state index contributed by atoms with van der Waals surface area (Å²) >= 11 is 0. The van der Waals surface area contributed by atoms with Gasteiger partial charge in [0.1, 0.15) is 11.6 Å². The highest BCUT2D eigenvalue weighted by Crippen LogP contribution is 2.27. The van der Waals surface area contributed by atoms with Crippen LogP contribution < -0.4 is 4.65 Å². The molecule has 1 heterocycles. The van der Waals surface area contributed by atoms with Gasteiger partial charge in [0.15, 0.2) is 0 Å². The van der Waals surface area contributed by atoms with Gasteiger partial charge in [-0.3, -0.25) is 0 Å². The average molecular weight is 202 g/mol. The molecular weight excluding hydrogens is 191 g/mol. The molecule has 1 aromatic carbocycles. The van der Waals surface area contributed by atoms with Crippen molar-refractivity contribution < 1.29 is 9.68 Å². The fraction of sp³-hybridized carbons (Fsp3) is 0.100. The predicted octanol–water partition coefficient (Wildman–Crippen LogP) is 0.725. The van der Waals surface area contributed by atoms with Gasteiger partial charge in [0.05, 0.1) is 5.56 Å². The Hall–Kier alpha value is -1.75. The molecule has 0 spiro atoms. The normalized spacial score (nSPS) is 10.0. The molecule has 0 saturated carbocycles. The third-order valence-electron chi connectivity index (χ3n) is 2.17. The summed E-state index contributed by atoms with van der Waals surface area (Å²) in [4.78, 5) is 4.23. The number of benzene rings is 1. The van der Waals surface area contributed by atoms with Gasteiger partial charge in [-0.15, -0.1) is 0 Å². The smallest absolute Gasteiger partial charge is 0.504 e. The second-order valence-corrected chi connectivity index (χ2v) is 3.13. The van der Waals surface area contributed by atoms with Crippen LogP contribution in [0.1, 0.15) is 0 Å². The van der Waals surface area contributed by atoms with Gasteiger partial charge < -0.3 is 14.2 Å². The zero-order valence-corrected chi connectivity index (χ0v) is 8.42. The van der Waals surface area contributed by atoms with Crippen molar-refractivity contribution in [2.24, 2.45) is 7.05 Å². The van der Waals surface area contributed by atoms with E-state index >= 15 is 0 Å². The van der Waals surface area contributed by atoms with E-state index in [1.807, 2.05) is 36.0 Å². The molecule has 5 heteroatoms. The first kappa shape index (κ1) is 9.80. The quantitative estimate of drug-likeness (QED) is 0.746. The van der Waals surface area contributed by atoms with Crippen LogP contribution in [0.4, 0.5) is 0 Å². The summed E-state index contributed by atoms with van der Waals surface area (Å²) < 4.78 is 7.02. The van der Waals surface area contributed by atoms with Crippen molar-refractivity contribution in [3.05, 3.63) is 36.7 Å². The maximum atomic E-state index is 8.76. The molecule has 4 nitrogen and oxygen atoms in total. The molecule has 76 valence electrons. The molecule has 1 N–H and O–H groups in total. The van der Waals surface area contributed by atoms with Crippen LogP contribution in [0.3, 0.4) is 0 Å². The van der Waals surface area contributed by atoms with Crippen LogP contribution in [0.2, 0.25) is 0 Å². The Kier molecular flexibility index (Phi) is 2.73. The molecule has 0 aliphatic carbocycles. The number of nitrogens with zero attached hydrogens (tertiary/aromatic N) is 2. The molecule has 0 bridgehead atoms. The molecule has 0 fully saturated rings. The number of aryl methyl sites for hydroxylation is 1. The second kappa shape index (κ2) is 4.19. The van der Waals surface area contributed by atoms with Gasteiger partial charge in [0.2, 0.25) is 0 Å². The van der Waals surface area contributed by atoms with E-state index in [4.69, 9.17) is 9.68 Å². The standard InChI is InChI=1S/C10H11BN2O2/c1-13-7-6-12-10(13)8-4-2-3-5-9(8)15-11-14/h2-7,11,14H,1H3. The summed E-state index contributed by atoms with van der Waals surface area (Å²) in [6.45, 7) is 0. The van der Waals surface area contributed by atoms with E-state index in [2.05, 4.69) is 4.98 Å². The monoisotopic (exact) mass is 202 g/mol. The molecule has 0 unspecified atom stereocenters. The van der Waals surface area contributed by atoms with Crippen LogP contribution in [0.15, 0.2) is 36.7 Å². The Morgan fingerprint density at radius 2 is 2.20 bits per heavy atom. The lowest BCUT2D eigenvalue weighted by Crippen LogP contribution is -2.02. The summed E-state index contributed by atoms with van der Waals surface area (Å²) in [6, 6.07) is 7.49. The van der Waals surface area contributed by atoms with Crippen molar-refractivity contribution in [1.29, 1.82) is 0 Å². The van der Waals surface area contributed by atoms with Crippen molar-refractivity contribution in [3.8, 4) is 17.1 Å². The van der Waals surface area contributed by atoms with Crippen molar-refractivity contribution in [2.45, 2.75) is 0 Å². The lowest BCUT2D eigenvalue weighted by atomic mass is 10.2. The van der Waals surface area contributed by atoms with Gasteiger partial charge in [-0.25, -0.2) is 4.98 Å². The van der Waals surface area contributed by atoms with E-state index in [1.54, 1.807) is 12.3 Å². The van der Waals surface area contributed by atoms with Crippen LogP contribution in [0.5, 0.6) is 5.75 Å². The van der Waals surface area contributed by atoms with Crippen LogP contribution in [0.25, 0.3) is 11.4 Å². The van der Waals surface area contributed by atoms with E-state index in [0.29, 0.717) is 5.75 Å². The van der Waals surface area contributed by atoms with E-state index in [1.165, 1.54) is 0 Å². The summed E-state index contributed by atoms with van der Waals surface area (Å²) in [5.74, 6) is 1.45. The number of rotatable bonds is 3. The zero-order valence-electron chi connectivity index (χ0n) is 8.42. The van der Waals surface area contributed by atoms with Gasteiger partial charge in [0.25, 0.3) is 0 Å². The van der Waals surface area contributed by atoms with Gasteiger partial charge in [0, 0.05) is 19.4 Å².